The van der Waals surface area contributed by atoms with Crippen LogP contribution in [0.1, 0.15) is 31.0 Å². The predicted molar refractivity (Wildman–Crippen MR) is 101 cm³/mol. The first-order valence-electron chi connectivity index (χ1n) is 8.98. The smallest absolute Gasteiger partial charge is 0.387 e. The zero-order valence-corrected chi connectivity index (χ0v) is 16.0. The van der Waals surface area contributed by atoms with Crippen molar-refractivity contribution in [2.45, 2.75) is 39.3 Å². The Labute approximate surface area is 161 Å². The molecule has 0 spiro atoms. The van der Waals surface area contributed by atoms with Gasteiger partial charge in [0.05, 0.1) is 12.1 Å². The highest BCUT2D eigenvalue weighted by Crippen LogP contribution is 2.21. The lowest BCUT2D eigenvalue weighted by molar-refractivity contribution is -0.115. The lowest BCUT2D eigenvalue weighted by Gasteiger charge is -2.29. The number of ether oxygens (including phenoxy) is 1. The summed E-state index contributed by atoms with van der Waals surface area (Å²) in [5.41, 5.74) is 1.69. The maximum Gasteiger partial charge on any atom is 0.387 e. The fraction of sp³-hybridized carbons (Fsp3) is 0.474. The first kappa shape index (κ1) is 19.7. The zero-order valence-electron chi connectivity index (χ0n) is 15.2. The van der Waals surface area contributed by atoms with E-state index >= 15 is 0 Å². The first-order chi connectivity index (χ1) is 13.0. The van der Waals surface area contributed by atoms with Crippen LogP contribution in [0.2, 0.25) is 0 Å². The predicted octanol–water partition coefficient (Wildman–Crippen LogP) is 4.16. The number of hydrogen-bond acceptors (Lipinski definition) is 5. The molecule has 0 atom stereocenters. The van der Waals surface area contributed by atoms with Gasteiger partial charge in [0.15, 0.2) is 5.13 Å². The molecular formula is C19H23F2N3O2S. The van der Waals surface area contributed by atoms with Crippen molar-refractivity contribution in [2.24, 2.45) is 5.92 Å². The Morgan fingerprint density at radius 2 is 2.04 bits per heavy atom. The molecule has 5 nitrogen and oxygen atoms in total. The van der Waals surface area contributed by atoms with Crippen LogP contribution in [-0.2, 0) is 17.8 Å². The molecule has 0 aliphatic carbocycles. The lowest BCUT2D eigenvalue weighted by atomic mass is 9.99. The number of rotatable bonds is 7. The fourth-order valence-corrected chi connectivity index (χ4v) is 3.74. The van der Waals surface area contributed by atoms with Gasteiger partial charge in [-0.15, -0.1) is 11.3 Å². The van der Waals surface area contributed by atoms with Crippen LogP contribution in [-0.4, -0.2) is 35.5 Å². The van der Waals surface area contributed by atoms with Crippen LogP contribution in [0.3, 0.4) is 0 Å². The topological polar surface area (TPSA) is 54.5 Å². The summed E-state index contributed by atoms with van der Waals surface area (Å²) >= 11 is 1.41. The molecule has 0 bridgehead atoms. The summed E-state index contributed by atoms with van der Waals surface area (Å²) in [6, 6.07) is 6.05. The molecule has 8 heteroatoms. The maximum atomic E-state index is 12.2. The van der Waals surface area contributed by atoms with Crippen LogP contribution in [0.4, 0.5) is 13.9 Å². The summed E-state index contributed by atoms with van der Waals surface area (Å²) in [6.45, 7) is 2.42. The summed E-state index contributed by atoms with van der Waals surface area (Å²) in [5.74, 6) is 0.679. The number of piperidine rings is 1. The van der Waals surface area contributed by atoms with E-state index in [9.17, 15) is 13.6 Å². The second-order valence-electron chi connectivity index (χ2n) is 6.85. The Morgan fingerprint density at radius 3 is 2.70 bits per heavy atom. The molecule has 0 radical (unpaired) electrons. The highest BCUT2D eigenvalue weighted by molar-refractivity contribution is 7.13. The van der Waals surface area contributed by atoms with Gasteiger partial charge >= 0.3 is 6.61 Å². The van der Waals surface area contributed by atoms with E-state index in [1.54, 1.807) is 12.1 Å². The standard InChI is InChI=1S/C19H23F2N3O2S/c1-13-6-8-24(9-7-13)11-15-12-27-19(22-15)23-17(25)10-14-2-4-16(5-3-14)26-18(20)21/h2-5,12-13,18H,6-11H2,1H3,(H,22,23,25). The average Bonchev–Trinajstić information content (AvgIpc) is 3.05. The van der Waals surface area contributed by atoms with E-state index in [-0.39, 0.29) is 18.1 Å². The Balaban J connectivity index is 1.47. The van der Waals surface area contributed by atoms with Crippen molar-refractivity contribution in [3.63, 3.8) is 0 Å². The Hall–Kier alpha value is -2.06. The maximum absolute atomic E-state index is 12.2. The van der Waals surface area contributed by atoms with Crippen molar-refractivity contribution in [2.75, 3.05) is 18.4 Å². The molecule has 27 heavy (non-hydrogen) atoms. The second-order valence-corrected chi connectivity index (χ2v) is 7.71. The van der Waals surface area contributed by atoms with Gasteiger partial charge < -0.3 is 10.1 Å². The van der Waals surface area contributed by atoms with E-state index in [0.717, 1.165) is 31.2 Å². The third-order valence-corrected chi connectivity index (χ3v) is 5.38. The van der Waals surface area contributed by atoms with E-state index in [4.69, 9.17) is 0 Å². The molecule has 1 aromatic carbocycles. The van der Waals surface area contributed by atoms with E-state index in [1.807, 2.05) is 5.38 Å². The molecule has 1 aliphatic heterocycles. The number of aromatic nitrogens is 1. The third kappa shape index (κ3) is 6.25. The molecule has 1 fully saturated rings. The molecule has 0 saturated carbocycles. The normalized spacial score (nSPS) is 15.9. The van der Waals surface area contributed by atoms with Crippen molar-refractivity contribution in [1.82, 2.24) is 9.88 Å². The molecule has 1 amide bonds. The van der Waals surface area contributed by atoms with Crippen LogP contribution < -0.4 is 10.1 Å². The number of alkyl halides is 2. The van der Waals surface area contributed by atoms with Crippen LogP contribution in [0.15, 0.2) is 29.6 Å². The summed E-state index contributed by atoms with van der Waals surface area (Å²) in [4.78, 5) is 19.1. The van der Waals surface area contributed by atoms with Crippen molar-refractivity contribution in [1.29, 1.82) is 0 Å². The SMILES string of the molecule is CC1CCN(Cc2csc(NC(=O)Cc3ccc(OC(F)F)cc3)n2)CC1. The molecule has 1 N–H and O–H groups in total. The minimum absolute atomic E-state index is 0.0748. The van der Waals surface area contributed by atoms with E-state index < -0.39 is 6.61 Å². The van der Waals surface area contributed by atoms with Crippen LogP contribution in [0, 0.1) is 5.92 Å². The van der Waals surface area contributed by atoms with Crippen LogP contribution >= 0.6 is 11.3 Å². The molecule has 1 aliphatic rings. The van der Waals surface area contributed by atoms with Crippen LogP contribution in [0.5, 0.6) is 5.75 Å². The fourth-order valence-electron chi connectivity index (χ4n) is 3.02. The van der Waals surface area contributed by atoms with Crippen LogP contribution in [0.25, 0.3) is 0 Å². The monoisotopic (exact) mass is 395 g/mol. The number of thiazole rings is 1. The van der Waals surface area contributed by atoms with Gasteiger partial charge in [0.2, 0.25) is 5.91 Å². The highest BCUT2D eigenvalue weighted by atomic mass is 32.1. The van der Waals surface area contributed by atoms with Gasteiger partial charge in [-0.25, -0.2) is 4.98 Å². The Morgan fingerprint density at radius 1 is 1.33 bits per heavy atom. The number of anilines is 1. The van der Waals surface area contributed by atoms with Gasteiger partial charge in [-0.05, 0) is 49.5 Å². The number of halogens is 2. The second kappa shape index (κ2) is 9.23. The highest BCUT2D eigenvalue weighted by Gasteiger charge is 2.17. The van der Waals surface area contributed by atoms with E-state index in [0.29, 0.717) is 10.7 Å². The van der Waals surface area contributed by atoms with Crippen molar-refractivity contribution < 1.29 is 18.3 Å². The van der Waals surface area contributed by atoms with Gasteiger partial charge in [0, 0.05) is 11.9 Å². The molecule has 0 unspecified atom stereocenters. The average molecular weight is 395 g/mol. The van der Waals surface area contributed by atoms with Crippen molar-refractivity contribution in [3.8, 4) is 5.75 Å². The number of carbonyl (C=O) groups is 1. The van der Waals surface area contributed by atoms with E-state index in [1.165, 1.54) is 36.3 Å². The minimum atomic E-state index is -2.86. The summed E-state index contributed by atoms with van der Waals surface area (Å²) < 4.78 is 28.6. The lowest BCUT2D eigenvalue weighted by Crippen LogP contribution is -2.32. The molecule has 2 aromatic rings. The van der Waals surface area contributed by atoms with Gasteiger partial charge in [-0.3, -0.25) is 9.69 Å². The third-order valence-electron chi connectivity index (χ3n) is 4.57. The van der Waals surface area contributed by atoms with Gasteiger partial charge in [0.25, 0.3) is 0 Å². The van der Waals surface area contributed by atoms with Gasteiger partial charge in [-0.2, -0.15) is 8.78 Å². The molecule has 3 rings (SSSR count). The summed E-state index contributed by atoms with van der Waals surface area (Å²) in [7, 11) is 0. The Kier molecular flexibility index (Phi) is 6.73. The first-order valence-corrected chi connectivity index (χ1v) is 9.86. The number of benzene rings is 1. The molecule has 1 aromatic heterocycles. The summed E-state index contributed by atoms with van der Waals surface area (Å²) in [5, 5.41) is 5.36. The van der Waals surface area contributed by atoms with Crippen molar-refractivity contribution >= 4 is 22.4 Å². The minimum Gasteiger partial charge on any atom is -0.435 e. The molecule has 2 heterocycles. The molecular weight excluding hydrogens is 372 g/mol. The number of amides is 1. The van der Waals surface area contributed by atoms with Gasteiger partial charge in [0.1, 0.15) is 5.75 Å². The number of nitrogens with one attached hydrogen (secondary N) is 1. The number of likely N-dealkylation sites (tertiary alicyclic amines) is 1. The Bertz CT molecular complexity index is 744. The summed E-state index contributed by atoms with van der Waals surface area (Å²) in [6.07, 6.45) is 2.58. The van der Waals surface area contributed by atoms with Crippen molar-refractivity contribution in [3.05, 3.63) is 40.9 Å². The zero-order chi connectivity index (χ0) is 19.2. The molecule has 1 saturated heterocycles. The number of carbonyl (C=O) groups excluding carboxylic acids is 1. The number of hydrogen-bond donors (Lipinski definition) is 1. The largest absolute Gasteiger partial charge is 0.435 e. The quantitative estimate of drug-likeness (QED) is 0.765. The number of nitrogens with zero attached hydrogens (tertiary/aromatic N) is 2. The molecule has 146 valence electrons. The van der Waals surface area contributed by atoms with E-state index in [2.05, 4.69) is 26.9 Å². The van der Waals surface area contributed by atoms with Gasteiger partial charge in [-0.1, -0.05) is 19.1 Å².